The second-order valence-corrected chi connectivity index (χ2v) is 8.79. The maximum atomic E-state index is 13.7. The van der Waals surface area contributed by atoms with Crippen LogP contribution < -0.4 is 5.73 Å². The molecule has 0 bridgehead atoms. The van der Waals surface area contributed by atoms with Gasteiger partial charge in [0.05, 0.1) is 23.6 Å². The highest BCUT2D eigenvalue weighted by atomic mass is 35.5. The van der Waals surface area contributed by atoms with E-state index < -0.39 is 75.6 Å². The van der Waals surface area contributed by atoms with E-state index in [1.165, 1.54) is 25.1 Å². The quantitative estimate of drug-likeness (QED) is 0.315. The molecule has 3 aliphatic rings. The number of aliphatic hydroxyl groups is 4. The van der Waals surface area contributed by atoms with Gasteiger partial charge in [0.1, 0.15) is 22.8 Å². The first kappa shape index (κ1) is 24.7. The molecule has 1 aromatic carbocycles. The van der Waals surface area contributed by atoms with Crippen molar-refractivity contribution in [3.8, 4) is 5.75 Å². The summed E-state index contributed by atoms with van der Waals surface area (Å²) in [4.78, 5) is 40.0. The van der Waals surface area contributed by atoms with Gasteiger partial charge in [-0.1, -0.05) is 19.1 Å². The van der Waals surface area contributed by atoms with Crippen LogP contribution >= 0.6 is 12.4 Å². The molecule has 0 heterocycles. The molecule has 10 nitrogen and oxygen atoms in total. The number of carbonyl (C=O) groups excluding carboxylic acids is 3. The van der Waals surface area contributed by atoms with Gasteiger partial charge in [0, 0.05) is 11.5 Å². The average molecular weight is 481 g/mol. The van der Waals surface area contributed by atoms with Gasteiger partial charge in [0.2, 0.25) is 5.78 Å². The van der Waals surface area contributed by atoms with Gasteiger partial charge in [-0.15, -0.1) is 12.4 Å². The van der Waals surface area contributed by atoms with E-state index in [1.54, 1.807) is 19.1 Å². The smallest absolute Gasteiger partial charge is 0.255 e. The number of carbonyl (C=O) groups is 3. The van der Waals surface area contributed by atoms with E-state index in [-0.39, 0.29) is 23.7 Å². The van der Waals surface area contributed by atoms with Crippen LogP contribution in [0.1, 0.15) is 24.0 Å². The third kappa shape index (κ3) is 2.95. The van der Waals surface area contributed by atoms with Crippen molar-refractivity contribution >= 4 is 35.6 Å². The summed E-state index contributed by atoms with van der Waals surface area (Å²) >= 11 is 0. The third-order valence-corrected chi connectivity index (χ3v) is 6.99. The first-order valence-corrected chi connectivity index (χ1v) is 10.0. The van der Waals surface area contributed by atoms with E-state index in [9.17, 15) is 39.9 Å². The fourth-order valence-electron chi connectivity index (χ4n) is 5.58. The summed E-state index contributed by atoms with van der Waals surface area (Å²) in [6.45, 7) is 1.68. The Balaban J connectivity index is 0.00000306. The van der Waals surface area contributed by atoms with Crippen molar-refractivity contribution in [3.05, 3.63) is 46.2 Å². The SMILES string of the molecule is CC1c2cccc(O)c2C(O)=C2C(=O)[C@]3(O)C(O)=C(C(N)=O)C(=O)C(N(C)C)[C@H]3C(O)[C@@H]21.Cl. The highest BCUT2D eigenvalue weighted by molar-refractivity contribution is 6.24. The van der Waals surface area contributed by atoms with Gasteiger partial charge in [-0.25, -0.2) is 0 Å². The number of hydrogen-bond acceptors (Lipinski definition) is 9. The topological polar surface area (TPSA) is 182 Å². The molecule has 1 aromatic rings. The zero-order valence-corrected chi connectivity index (χ0v) is 18.8. The Morgan fingerprint density at radius 2 is 1.76 bits per heavy atom. The minimum absolute atomic E-state index is 0. The van der Waals surface area contributed by atoms with Crippen LogP contribution in [0.25, 0.3) is 5.76 Å². The van der Waals surface area contributed by atoms with Gasteiger partial charge < -0.3 is 31.3 Å². The van der Waals surface area contributed by atoms with Gasteiger partial charge in [-0.05, 0) is 31.6 Å². The van der Waals surface area contributed by atoms with Gasteiger partial charge in [-0.3, -0.25) is 19.3 Å². The van der Waals surface area contributed by atoms with Crippen LogP contribution in [0.15, 0.2) is 35.1 Å². The summed E-state index contributed by atoms with van der Waals surface area (Å²) in [5, 5.41) is 54.9. The van der Waals surface area contributed by atoms with Crippen molar-refractivity contribution in [1.82, 2.24) is 4.90 Å². The van der Waals surface area contributed by atoms with Crippen molar-refractivity contribution in [2.24, 2.45) is 17.6 Å². The molecule has 0 radical (unpaired) electrons. The second kappa shape index (κ2) is 7.84. The highest BCUT2D eigenvalue weighted by Gasteiger charge is 2.68. The summed E-state index contributed by atoms with van der Waals surface area (Å²) < 4.78 is 0. The molecular weight excluding hydrogens is 456 g/mol. The number of ketones is 2. The Bertz CT molecular complexity index is 1140. The fourth-order valence-corrected chi connectivity index (χ4v) is 5.58. The molecule has 0 spiro atoms. The largest absolute Gasteiger partial charge is 0.508 e. The van der Waals surface area contributed by atoms with Crippen LogP contribution in [-0.2, 0) is 14.4 Å². The summed E-state index contributed by atoms with van der Waals surface area (Å²) in [5.74, 6) is -8.87. The van der Waals surface area contributed by atoms with E-state index in [2.05, 4.69) is 0 Å². The molecule has 0 aliphatic heterocycles. The fraction of sp³-hybridized carbons (Fsp3) is 0.409. The summed E-state index contributed by atoms with van der Waals surface area (Å²) in [6.07, 6.45) is -1.59. The molecule has 1 amide bonds. The average Bonchev–Trinajstić information content (AvgIpc) is 2.70. The number of fused-ring (bicyclic) bond motifs is 3. The number of amides is 1. The minimum Gasteiger partial charge on any atom is -0.508 e. The number of likely N-dealkylation sites (N-methyl/N-ethyl adjacent to an activating group) is 1. The zero-order chi connectivity index (χ0) is 23.9. The summed E-state index contributed by atoms with van der Waals surface area (Å²) in [7, 11) is 2.92. The number of phenolic OH excluding ortho intramolecular Hbond substituents is 1. The minimum atomic E-state index is -2.89. The lowest BCUT2D eigenvalue weighted by molar-refractivity contribution is -0.169. The zero-order valence-electron chi connectivity index (χ0n) is 18.0. The Kier molecular flexibility index (Phi) is 5.87. The van der Waals surface area contributed by atoms with Crippen molar-refractivity contribution < 1.29 is 39.9 Å². The highest BCUT2D eigenvalue weighted by Crippen LogP contribution is 2.55. The Morgan fingerprint density at radius 1 is 1.15 bits per heavy atom. The predicted molar refractivity (Wildman–Crippen MR) is 118 cm³/mol. The molecule has 11 heteroatoms. The van der Waals surface area contributed by atoms with E-state index in [1.807, 2.05) is 0 Å². The maximum Gasteiger partial charge on any atom is 0.255 e. The lowest BCUT2D eigenvalue weighted by atomic mass is 9.54. The molecule has 3 unspecified atom stereocenters. The Hall–Kier alpha value is -2.92. The number of primary amides is 1. The lowest BCUT2D eigenvalue weighted by Gasteiger charge is -2.53. The number of aliphatic hydroxyl groups excluding tert-OH is 3. The number of aromatic hydroxyl groups is 1. The van der Waals surface area contributed by atoms with E-state index in [0.717, 1.165) is 0 Å². The van der Waals surface area contributed by atoms with Crippen molar-refractivity contribution in [3.63, 3.8) is 0 Å². The molecule has 7 N–H and O–H groups in total. The molecular formula is C22H25ClN2O8. The van der Waals surface area contributed by atoms with Gasteiger partial charge in [0.15, 0.2) is 11.4 Å². The van der Waals surface area contributed by atoms with E-state index in [4.69, 9.17) is 5.73 Å². The second-order valence-electron chi connectivity index (χ2n) is 8.79. The molecule has 1 fully saturated rings. The van der Waals surface area contributed by atoms with Gasteiger partial charge >= 0.3 is 0 Å². The number of nitrogens with zero attached hydrogens (tertiary/aromatic N) is 1. The van der Waals surface area contributed by atoms with E-state index >= 15 is 0 Å². The first-order chi connectivity index (χ1) is 14.9. The summed E-state index contributed by atoms with van der Waals surface area (Å²) in [6, 6.07) is 3.13. The third-order valence-electron chi connectivity index (χ3n) is 6.99. The normalized spacial score (nSPS) is 33.3. The van der Waals surface area contributed by atoms with Crippen LogP contribution in [0.3, 0.4) is 0 Å². The maximum absolute atomic E-state index is 13.7. The van der Waals surface area contributed by atoms with Crippen LogP contribution in [0.5, 0.6) is 5.75 Å². The number of hydrogen-bond donors (Lipinski definition) is 6. The molecule has 0 saturated heterocycles. The molecule has 1 saturated carbocycles. The van der Waals surface area contributed by atoms with Crippen molar-refractivity contribution in [2.75, 3.05) is 14.1 Å². The van der Waals surface area contributed by atoms with Crippen LogP contribution in [-0.4, -0.2) is 79.7 Å². The van der Waals surface area contributed by atoms with Crippen LogP contribution in [0.2, 0.25) is 0 Å². The number of phenols is 1. The lowest BCUT2D eigenvalue weighted by Crippen LogP contribution is -2.70. The van der Waals surface area contributed by atoms with Crippen molar-refractivity contribution in [1.29, 1.82) is 0 Å². The number of benzene rings is 1. The number of halogens is 1. The molecule has 6 atom stereocenters. The van der Waals surface area contributed by atoms with Crippen molar-refractivity contribution in [2.45, 2.75) is 30.6 Å². The number of Topliss-reactive ketones (excluding diaryl/α,β-unsaturated/α-hetero) is 2. The number of nitrogens with two attached hydrogens (primary N) is 1. The molecule has 0 aromatic heterocycles. The Morgan fingerprint density at radius 3 is 2.30 bits per heavy atom. The first-order valence-electron chi connectivity index (χ1n) is 10.0. The molecule has 178 valence electrons. The Labute approximate surface area is 195 Å². The van der Waals surface area contributed by atoms with Crippen LogP contribution in [0.4, 0.5) is 0 Å². The standard InChI is InChI=1S/C22H24N2O8.ClH/c1-7-8-5-4-6-9(25)11(8)16(26)12-10(7)17(27)14-15(24(2)3)18(28)13(21(23)31)20(30)22(14,32)19(12)29;/h4-7,10,14-15,17,25-27,30,32H,1-3H3,(H2,23,31);1H/t7?,10-,14+,15?,17?,22+;/m1./s1. The summed E-state index contributed by atoms with van der Waals surface area (Å²) in [5.41, 5.74) is 1.47. The van der Waals surface area contributed by atoms with E-state index in [0.29, 0.717) is 5.56 Å². The van der Waals surface area contributed by atoms with Crippen LogP contribution in [0, 0.1) is 11.8 Å². The number of rotatable bonds is 2. The van der Waals surface area contributed by atoms with Gasteiger partial charge in [-0.2, -0.15) is 0 Å². The predicted octanol–water partition coefficient (Wildman–Crippen LogP) is -0.0824. The molecule has 4 rings (SSSR count). The van der Waals surface area contributed by atoms with Gasteiger partial charge in [0.25, 0.3) is 5.91 Å². The monoisotopic (exact) mass is 480 g/mol. The molecule has 3 aliphatic carbocycles. The molecule has 33 heavy (non-hydrogen) atoms.